The first-order valence-electron chi connectivity index (χ1n) is 21.8. The van der Waals surface area contributed by atoms with Crippen molar-refractivity contribution in [3.05, 3.63) is 144 Å². The molecule has 4 N–H and O–H groups in total. The molecule has 4 fully saturated rings. The Hall–Kier alpha value is -7.48. The van der Waals surface area contributed by atoms with Gasteiger partial charge < -0.3 is 39.9 Å². The molecule has 8 atom stereocenters. The molecule has 64 heavy (non-hydrogen) atoms. The minimum Gasteiger partial charge on any atom is -0.453 e. The molecule has 2 saturated heterocycles. The number of alkyl carbamates (subject to hydrolysis) is 2. The van der Waals surface area contributed by atoms with Crippen LogP contribution in [0.2, 0.25) is 0 Å². The monoisotopic (exact) mass is 854 g/mol. The van der Waals surface area contributed by atoms with Crippen molar-refractivity contribution in [2.24, 2.45) is 11.8 Å². The van der Waals surface area contributed by atoms with Gasteiger partial charge in [0.1, 0.15) is 23.7 Å². The Morgan fingerprint density at radius 2 is 0.938 bits per heavy atom. The number of carbonyl (C=O) groups is 4. The SMILES string of the molecule is COC(=O)N[C@@H](C(=O)N1[C@@H]2C[C@@H]2C[C@H]1c1nc2ccc(-c3ccc(-c4ccc5nc([C@@H]6C[C@H]7C[C@H]7N6C(=O)[C@H](NC(=O)OC)c6ccccc6)[nH]c5c4)cc3)cc2[nH]1)c1ccccc1. The van der Waals surface area contributed by atoms with Gasteiger partial charge in [-0.25, -0.2) is 19.6 Å². The van der Waals surface area contributed by atoms with Gasteiger partial charge in [-0.05, 0) is 95.2 Å². The Kier molecular flexibility index (Phi) is 9.66. The summed E-state index contributed by atoms with van der Waals surface area (Å²) in [6.45, 7) is 0. The number of carbonyl (C=O) groups excluding carboxylic acids is 4. The maximum Gasteiger partial charge on any atom is 0.407 e. The van der Waals surface area contributed by atoms with Crippen molar-refractivity contribution >= 4 is 46.1 Å². The fourth-order valence-corrected chi connectivity index (χ4v) is 10.1. The molecule has 2 aromatic heterocycles. The van der Waals surface area contributed by atoms with Crippen LogP contribution in [0.4, 0.5) is 9.59 Å². The fraction of sp³-hybridized carbons (Fsp3) is 0.280. The van der Waals surface area contributed by atoms with Gasteiger partial charge in [-0.2, -0.15) is 0 Å². The summed E-state index contributed by atoms with van der Waals surface area (Å²) in [6.07, 6.45) is 2.17. The first-order valence-corrected chi connectivity index (χ1v) is 21.8. The number of rotatable bonds is 10. The molecular formula is C50H46N8O6. The van der Waals surface area contributed by atoms with E-state index in [0.29, 0.717) is 23.0 Å². The molecule has 7 aromatic rings. The summed E-state index contributed by atoms with van der Waals surface area (Å²) in [5.41, 5.74) is 8.94. The Morgan fingerprint density at radius 1 is 0.547 bits per heavy atom. The van der Waals surface area contributed by atoms with Crippen LogP contribution in [-0.2, 0) is 19.1 Å². The minimum absolute atomic E-state index is 0.108. The van der Waals surface area contributed by atoms with Crippen molar-refractivity contribution < 1.29 is 28.7 Å². The predicted molar refractivity (Wildman–Crippen MR) is 238 cm³/mol. The van der Waals surface area contributed by atoms with E-state index >= 15 is 0 Å². The van der Waals surface area contributed by atoms with Crippen molar-refractivity contribution in [2.45, 2.75) is 61.9 Å². The van der Waals surface area contributed by atoms with Gasteiger partial charge in [0.15, 0.2) is 0 Å². The Bertz CT molecular complexity index is 2740. The van der Waals surface area contributed by atoms with Crippen molar-refractivity contribution in [3.63, 3.8) is 0 Å². The second kappa shape index (κ2) is 15.7. The third kappa shape index (κ3) is 7.08. The number of hydrogen-bond acceptors (Lipinski definition) is 8. The number of imidazole rings is 2. The molecule has 14 heteroatoms. The van der Waals surface area contributed by atoms with Crippen LogP contribution in [0.5, 0.6) is 0 Å². The van der Waals surface area contributed by atoms with E-state index in [1.165, 1.54) is 14.2 Å². The largest absolute Gasteiger partial charge is 0.453 e. The lowest BCUT2D eigenvalue weighted by Crippen LogP contribution is -2.44. The number of fused-ring (bicyclic) bond motifs is 4. The lowest BCUT2D eigenvalue weighted by molar-refractivity contribution is -0.136. The molecule has 2 aliphatic carbocycles. The average Bonchev–Trinajstić information content (AvgIpc) is 4.00. The van der Waals surface area contributed by atoms with Crippen LogP contribution in [-0.4, -0.2) is 80.0 Å². The van der Waals surface area contributed by atoms with Gasteiger partial charge in [0, 0.05) is 12.1 Å². The van der Waals surface area contributed by atoms with Crippen LogP contribution < -0.4 is 10.6 Å². The lowest BCUT2D eigenvalue weighted by Gasteiger charge is -2.30. The molecule has 4 heterocycles. The number of H-pyrrole nitrogens is 2. The smallest absolute Gasteiger partial charge is 0.407 e. The summed E-state index contributed by atoms with van der Waals surface area (Å²) in [5.74, 6) is 1.93. The number of nitrogens with one attached hydrogen (secondary N) is 4. The van der Waals surface area contributed by atoms with Crippen LogP contribution >= 0.6 is 0 Å². The van der Waals surface area contributed by atoms with Gasteiger partial charge in [-0.3, -0.25) is 9.59 Å². The van der Waals surface area contributed by atoms with E-state index in [4.69, 9.17) is 19.4 Å². The lowest BCUT2D eigenvalue weighted by atomic mass is 10.00. The van der Waals surface area contributed by atoms with E-state index in [1.807, 2.05) is 82.6 Å². The summed E-state index contributed by atoms with van der Waals surface area (Å²) in [6, 6.07) is 37.3. The molecule has 4 aliphatic rings. The molecule has 0 radical (unpaired) electrons. The molecule has 4 amide bonds. The standard InChI is InChI=1S/C50H46N8O6/c1-63-49(61)55-43(29-9-5-3-6-10-29)47(59)57-39-23-33(39)25-41(57)45-51-35-19-17-31(21-37(35)53-45)27-13-15-28(16-14-27)32-18-20-36-38(22-32)54-46(52-36)42-26-34-24-40(34)58(42)48(60)44(56-50(62)64-2)30-11-7-4-8-12-30/h3-22,33-34,39-44H,23-26H2,1-2H3,(H,51,53)(H,52,54)(H,55,61)(H,56,62)/t33-,34-,39-,40-,41+,42+,43-,44-/m1/s1. The number of amides is 4. The Balaban J connectivity index is 0.812. The topological polar surface area (TPSA) is 175 Å². The number of aromatic nitrogens is 4. The number of hydrogen-bond donors (Lipinski definition) is 4. The van der Waals surface area contributed by atoms with Crippen LogP contribution in [0.25, 0.3) is 44.3 Å². The van der Waals surface area contributed by atoms with E-state index in [2.05, 4.69) is 69.1 Å². The average molecular weight is 855 g/mol. The summed E-state index contributed by atoms with van der Waals surface area (Å²) >= 11 is 0. The number of piperidine rings is 2. The van der Waals surface area contributed by atoms with Gasteiger partial charge in [0.2, 0.25) is 0 Å². The summed E-state index contributed by atoms with van der Waals surface area (Å²) < 4.78 is 9.77. The van der Waals surface area contributed by atoms with E-state index < -0.39 is 24.3 Å². The molecule has 0 unspecified atom stereocenters. The van der Waals surface area contributed by atoms with Crippen LogP contribution in [0.3, 0.4) is 0 Å². The number of likely N-dealkylation sites (tertiary alicyclic amines) is 2. The fourth-order valence-electron chi connectivity index (χ4n) is 10.1. The highest BCUT2D eigenvalue weighted by Crippen LogP contribution is 2.55. The Morgan fingerprint density at radius 3 is 1.33 bits per heavy atom. The first kappa shape index (κ1) is 39.4. The molecule has 2 aliphatic heterocycles. The minimum atomic E-state index is -0.878. The highest BCUT2D eigenvalue weighted by molar-refractivity contribution is 5.90. The quantitative estimate of drug-likeness (QED) is 0.106. The van der Waals surface area contributed by atoms with Crippen molar-refractivity contribution in [3.8, 4) is 22.3 Å². The van der Waals surface area contributed by atoms with Gasteiger partial charge in [-0.15, -0.1) is 0 Å². The van der Waals surface area contributed by atoms with E-state index in [-0.39, 0.29) is 36.0 Å². The summed E-state index contributed by atoms with van der Waals surface area (Å²) in [7, 11) is 2.59. The molecule has 0 spiro atoms. The second-order valence-corrected chi connectivity index (χ2v) is 17.4. The van der Waals surface area contributed by atoms with E-state index in [0.717, 1.165) is 81.7 Å². The maximum absolute atomic E-state index is 14.2. The number of benzene rings is 5. The van der Waals surface area contributed by atoms with Crippen LogP contribution in [0.15, 0.2) is 121 Å². The zero-order chi connectivity index (χ0) is 43.6. The van der Waals surface area contributed by atoms with Gasteiger partial charge >= 0.3 is 12.2 Å². The van der Waals surface area contributed by atoms with E-state index in [1.54, 1.807) is 0 Å². The first-order chi connectivity index (χ1) is 31.2. The van der Waals surface area contributed by atoms with E-state index in [9.17, 15) is 19.2 Å². The summed E-state index contributed by atoms with van der Waals surface area (Å²) in [4.78, 5) is 74.1. The molecule has 0 bridgehead atoms. The second-order valence-electron chi connectivity index (χ2n) is 17.4. The Labute approximate surface area is 368 Å². The predicted octanol–water partition coefficient (Wildman–Crippen LogP) is 8.29. The zero-order valence-electron chi connectivity index (χ0n) is 35.2. The molecule has 14 nitrogen and oxygen atoms in total. The van der Waals surface area contributed by atoms with Gasteiger partial charge in [-0.1, -0.05) is 97.1 Å². The third-order valence-corrected chi connectivity index (χ3v) is 13.6. The zero-order valence-corrected chi connectivity index (χ0v) is 35.2. The molecule has 322 valence electrons. The van der Waals surface area contributed by atoms with Gasteiger partial charge in [0.05, 0.1) is 48.4 Å². The van der Waals surface area contributed by atoms with Crippen molar-refractivity contribution in [1.29, 1.82) is 0 Å². The molecule has 2 saturated carbocycles. The van der Waals surface area contributed by atoms with Crippen molar-refractivity contribution in [2.75, 3.05) is 14.2 Å². The highest BCUT2D eigenvalue weighted by atomic mass is 16.5. The van der Waals surface area contributed by atoms with Crippen LogP contribution in [0, 0.1) is 11.8 Å². The molecule has 11 rings (SSSR count). The van der Waals surface area contributed by atoms with Gasteiger partial charge in [0.25, 0.3) is 11.8 Å². The third-order valence-electron chi connectivity index (χ3n) is 13.6. The highest BCUT2D eigenvalue weighted by Gasteiger charge is 2.57. The van der Waals surface area contributed by atoms with Crippen molar-refractivity contribution in [1.82, 2.24) is 40.4 Å². The summed E-state index contributed by atoms with van der Waals surface area (Å²) in [5, 5.41) is 5.53. The molecular weight excluding hydrogens is 809 g/mol. The maximum atomic E-state index is 14.2. The van der Waals surface area contributed by atoms with Crippen LogP contribution in [0.1, 0.15) is 72.6 Å². The number of ether oxygens (including phenoxy) is 2. The molecule has 5 aromatic carbocycles. The number of nitrogens with zero attached hydrogens (tertiary/aromatic N) is 4. The normalized spacial score (nSPS) is 22.7. The number of aromatic amines is 2. The number of methoxy groups -OCH3 is 2.